The van der Waals surface area contributed by atoms with E-state index < -0.39 is 0 Å². The van der Waals surface area contributed by atoms with Gasteiger partial charge in [0.25, 0.3) is 0 Å². The summed E-state index contributed by atoms with van der Waals surface area (Å²) in [5.74, 6) is -0.218. The normalized spacial score (nSPS) is 17.8. The summed E-state index contributed by atoms with van der Waals surface area (Å²) in [6.45, 7) is 6.02. The SMILES string of the molecule is CCC1(C(=O)N(CC(=O)OC)C(C)C)CCCC1. The Morgan fingerprint density at radius 2 is 1.83 bits per heavy atom. The molecule has 0 aromatic rings. The van der Waals surface area contributed by atoms with Crippen molar-refractivity contribution in [1.82, 2.24) is 4.90 Å². The Labute approximate surface area is 110 Å². The number of hydrogen-bond acceptors (Lipinski definition) is 3. The summed E-state index contributed by atoms with van der Waals surface area (Å²) < 4.78 is 4.68. The van der Waals surface area contributed by atoms with E-state index in [1.807, 2.05) is 13.8 Å². The molecule has 4 nitrogen and oxygen atoms in total. The van der Waals surface area contributed by atoms with Gasteiger partial charge >= 0.3 is 5.97 Å². The third-order valence-corrected chi connectivity index (χ3v) is 4.10. The Bertz CT molecular complexity index is 306. The molecule has 18 heavy (non-hydrogen) atoms. The Balaban J connectivity index is 2.84. The molecule has 0 spiro atoms. The van der Waals surface area contributed by atoms with Crippen LogP contribution >= 0.6 is 0 Å². The molecule has 1 aliphatic rings. The van der Waals surface area contributed by atoms with Crippen LogP contribution in [0.15, 0.2) is 0 Å². The van der Waals surface area contributed by atoms with Crippen LogP contribution in [0.3, 0.4) is 0 Å². The van der Waals surface area contributed by atoms with Gasteiger partial charge < -0.3 is 9.64 Å². The molecular formula is C14H25NO3. The highest BCUT2D eigenvalue weighted by Crippen LogP contribution is 2.42. The quantitative estimate of drug-likeness (QED) is 0.708. The molecule has 0 radical (unpaired) electrons. The maximum absolute atomic E-state index is 12.7. The predicted molar refractivity (Wildman–Crippen MR) is 70.1 cm³/mol. The zero-order valence-corrected chi connectivity index (χ0v) is 12.0. The third kappa shape index (κ3) is 3.03. The van der Waals surface area contributed by atoms with Gasteiger partial charge in [0.15, 0.2) is 0 Å². The van der Waals surface area contributed by atoms with Crippen LogP contribution in [0.4, 0.5) is 0 Å². The standard InChI is InChI=1S/C14H25NO3/c1-5-14(8-6-7-9-14)13(17)15(11(2)3)10-12(16)18-4/h11H,5-10H2,1-4H3. The van der Waals surface area contributed by atoms with Crippen molar-refractivity contribution in [2.45, 2.75) is 58.9 Å². The van der Waals surface area contributed by atoms with Crippen LogP contribution in [0.5, 0.6) is 0 Å². The molecule has 0 heterocycles. The summed E-state index contributed by atoms with van der Waals surface area (Å²) in [5.41, 5.74) is -0.238. The summed E-state index contributed by atoms with van der Waals surface area (Å²) in [6, 6.07) is 0.0284. The van der Waals surface area contributed by atoms with Crippen molar-refractivity contribution in [3.05, 3.63) is 0 Å². The smallest absolute Gasteiger partial charge is 0.325 e. The molecule has 1 rings (SSSR count). The minimum absolute atomic E-state index is 0.0284. The Morgan fingerprint density at radius 1 is 1.28 bits per heavy atom. The number of ether oxygens (including phenoxy) is 1. The predicted octanol–water partition coefficient (Wildman–Crippen LogP) is 2.37. The summed E-state index contributed by atoms with van der Waals surface area (Å²) in [7, 11) is 1.36. The van der Waals surface area contributed by atoms with Gasteiger partial charge in [0.2, 0.25) is 5.91 Å². The molecule has 0 aromatic carbocycles. The second-order valence-corrected chi connectivity index (χ2v) is 5.44. The van der Waals surface area contributed by atoms with Crippen LogP contribution in [0, 0.1) is 5.41 Å². The van der Waals surface area contributed by atoms with Gasteiger partial charge in [-0.05, 0) is 33.1 Å². The maximum atomic E-state index is 12.7. The highest BCUT2D eigenvalue weighted by Gasteiger charge is 2.42. The van der Waals surface area contributed by atoms with Gasteiger partial charge in [-0.1, -0.05) is 19.8 Å². The lowest BCUT2D eigenvalue weighted by Crippen LogP contribution is -2.48. The summed E-state index contributed by atoms with van der Waals surface area (Å²) in [4.78, 5) is 25.8. The number of amides is 1. The van der Waals surface area contributed by atoms with Gasteiger partial charge in [-0.3, -0.25) is 9.59 Å². The first-order chi connectivity index (χ1) is 8.46. The molecule has 104 valence electrons. The van der Waals surface area contributed by atoms with Crippen molar-refractivity contribution in [2.24, 2.45) is 5.41 Å². The first-order valence-corrected chi connectivity index (χ1v) is 6.84. The van der Waals surface area contributed by atoms with Gasteiger partial charge in [0.05, 0.1) is 7.11 Å². The molecule has 0 N–H and O–H groups in total. The molecule has 0 unspecified atom stereocenters. The number of carbonyl (C=O) groups excluding carboxylic acids is 2. The van der Waals surface area contributed by atoms with E-state index in [0.717, 1.165) is 32.1 Å². The molecule has 1 fully saturated rings. The number of nitrogens with zero attached hydrogens (tertiary/aromatic N) is 1. The van der Waals surface area contributed by atoms with Crippen molar-refractivity contribution in [3.63, 3.8) is 0 Å². The van der Waals surface area contributed by atoms with Crippen molar-refractivity contribution in [3.8, 4) is 0 Å². The number of carbonyl (C=O) groups is 2. The monoisotopic (exact) mass is 255 g/mol. The molecule has 4 heteroatoms. The lowest BCUT2D eigenvalue weighted by atomic mass is 9.81. The molecule has 0 atom stereocenters. The minimum atomic E-state index is -0.346. The van der Waals surface area contributed by atoms with Crippen molar-refractivity contribution < 1.29 is 14.3 Å². The summed E-state index contributed by atoms with van der Waals surface area (Å²) in [5, 5.41) is 0. The van der Waals surface area contributed by atoms with Crippen LogP contribution in [0.25, 0.3) is 0 Å². The van der Waals surface area contributed by atoms with Crippen LogP contribution in [0.1, 0.15) is 52.9 Å². The van der Waals surface area contributed by atoms with Crippen LogP contribution < -0.4 is 0 Å². The molecular weight excluding hydrogens is 230 g/mol. The highest BCUT2D eigenvalue weighted by atomic mass is 16.5. The fourth-order valence-corrected chi connectivity index (χ4v) is 2.77. The van der Waals surface area contributed by atoms with E-state index in [1.165, 1.54) is 7.11 Å². The van der Waals surface area contributed by atoms with Gasteiger partial charge in [-0.2, -0.15) is 0 Å². The van der Waals surface area contributed by atoms with E-state index in [4.69, 9.17) is 0 Å². The van der Waals surface area contributed by atoms with Gasteiger partial charge in [-0.15, -0.1) is 0 Å². The van der Waals surface area contributed by atoms with Gasteiger partial charge in [-0.25, -0.2) is 0 Å². The number of esters is 1. The fourth-order valence-electron chi connectivity index (χ4n) is 2.77. The van der Waals surface area contributed by atoms with Gasteiger partial charge in [0.1, 0.15) is 6.54 Å². The molecule has 1 aliphatic carbocycles. The van der Waals surface area contributed by atoms with Crippen LogP contribution in [-0.2, 0) is 14.3 Å². The van der Waals surface area contributed by atoms with E-state index in [9.17, 15) is 9.59 Å². The molecule has 1 saturated carbocycles. The van der Waals surface area contributed by atoms with E-state index in [-0.39, 0.29) is 29.9 Å². The van der Waals surface area contributed by atoms with E-state index in [2.05, 4.69) is 11.7 Å². The number of rotatable bonds is 5. The topological polar surface area (TPSA) is 46.6 Å². The van der Waals surface area contributed by atoms with Crippen LogP contribution in [-0.4, -0.2) is 36.5 Å². The van der Waals surface area contributed by atoms with E-state index in [1.54, 1.807) is 4.90 Å². The average molecular weight is 255 g/mol. The number of hydrogen-bond donors (Lipinski definition) is 0. The van der Waals surface area contributed by atoms with Crippen LogP contribution in [0.2, 0.25) is 0 Å². The zero-order valence-electron chi connectivity index (χ0n) is 12.0. The Morgan fingerprint density at radius 3 is 2.22 bits per heavy atom. The van der Waals surface area contributed by atoms with E-state index >= 15 is 0 Å². The summed E-state index contributed by atoms with van der Waals surface area (Å²) in [6.07, 6.45) is 4.99. The molecule has 0 bridgehead atoms. The Hall–Kier alpha value is -1.06. The maximum Gasteiger partial charge on any atom is 0.325 e. The molecule has 0 aliphatic heterocycles. The Kier molecular flexibility index (Phi) is 5.17. The van der Waals surface area contributed by atoms with Crippen molar-refractivity contribution >= 4 is 11.9 Å². The minimum Gasteiger partial charge on any atom is -0.468 e. The lowest BCUT2D eigenvalue weighted by molar-refractivity contribution is -0.153. The largest absolute Gasteiger partial charge is 0.468 e. The molecule has 0 saturated heterocycles. The average Bonchev–Trinajstić information content (AvgIpc) is 2.84. The molecule has 1 amide bonds. The second-order valence-electron chi connectivity index (χ2n) is 5.44. The van der Waals surface area contributed by atoms with E-state index in [0.29, 0.717) is 0 Å². The zero-order chi connectivity index (χ0) is 13.8. The summed E-state index contributed by atoms with van der Waals surface area (Å²) >= 11 is 0. The van der Waals surface area contributed by atoms with Crippen molar-refractivity contribution in [1.29, 1.82) is 0 Å². The number of methoxy groups -OCH3 is 1. The first-order valence-electron chi connectivity index (χ1n) is 6.84. The highest BCUT2D eigenvalue weighted by molar-refractivity contribution is 5.86. The fraction of sp³-hybridized carbons (Fsp3) is 0.857. The van der Waals surface area contributed by atoms with Gasteiger partial charge in [0, 0.05) is 11.5 Å². The third-order valence-electron chi connectivity index (χ3n) is 4.10. The lowest BCUT2D eigenvalue weighted by Gasteiger charge is -2.35. The molecule has 0 aromatic heterocycles. The second kappa shape index (κ2) is 6.21. The first kappa shape index (κ1) is 15.0. The van der Waals surface area contributed by atoms with Crippen molar-refractivity contribution in [2.75, 3.05) is 13.7 Å².